The van der Waals surface area contributed by atoms with Crippen LogP contribution in [0.1, 0.15) is 22.7 Å². The lowest BCUT2D eigenvalue weighted by Gasteiger charge is -2.38. The first-order chi connectivity index (χ1) is 16.2. The van der Waals surface area contributed by atoms with Crippen LogP contribution in [-0.4, -0.2) is 42.3 Å². The van der Waals surface area contributed by atoms with E-state index in [4.69, 9.17) is 13.9 Å². The van der Waals surface area contributed by atoms with Crippen LogP contribution in [0, 0.1) is 0 Å². The number of rotatable bonds is 6. The predicted octanol–water partition coefficient (Wildman–Crippen LogP) is 5.11. The Labute approximate surface area is 196 Å². The van der Waals surface area contributed by atoms with Crippen molar-refractivity contribution in [2.75, 3.05) is 26.5 Å². The highest BCUT2D eigenvalue weighted by atomic mass is 32.2. The normalized spacial score (nSPS) is 15.3. The minimum absolute atomic E-state index is 0.0385. The van der Waals surface area contributed by atoms with E-state index in [0.29, 0.717) is 23.3 Å². The molecule has 0 aliphatic carbocycles. The maximum absolute atomic E-state index is 13.4. The van der Waals surface area contributed by atoms with Gasteiger partial charge in [0, 0.05) is 6.54 Å². The first kappa shape index (κ1) is 21.4. The van der Waals surface area contributed by atoms with E-state index in [-0.39, 0.29) is 17.7 Å². The molecule has 1 atom stereocenters. The van der Waals surface area contributed by atoms with Crippen molar-refractivity contribution >= 4 is 28.8 Å². The van der Waals surface area contributed by atoms with Crippen LogP contribution in [0.3, 0.4) is 0 Å². The number of methoxy groups -OCH3 is 2. The molecule has 0 saturated heterocycles. The van der Waals surface area contributed by atoms with Gasteiger partial charge < -0.3 is 18.8 Å². The van der Waals surface area contributed by atoms with Crippen LogP contribution in [0.25, 0.3) is 11.1 Å². The molecule has 1 unspecified atom stereocenters. The van der Waals surface area contributed by atoms with Crippen LogP contribution in [0.2, 0.25) is 0 Å². The molecule has 168 valence electrons. The smallest absolute Gasteiger partial charge is 0.257 e. The molecular formula is C26H24N2O4S. The van der Waals surface area contributed by atoms with E-state index in [1.54, 1.807) is 14.2 Å². The summed E-state index contributed by atoms with van der Waals surface area (Å²) in [7, 11) is 3.27. The minimum atomic E-state index is -0.202. The number of carbonyl (C=O) groups is 1. The second kappa shape index (κ2) is 9.19. The lowest BCUT2D eigenvalue weighted by atomic mass is 9.87. The number of benzene rings is 3. The summed E-state index contributed by atoms with van der Waals surface area (Å²) in [5, 5.41) is 0.504. The molecule has 0 spiro atoms. The fourth-order valence-electron chi connectivity index (χ4n) is 4.33. The van der Waals surface area contributed by atoms with Gasteiger partial charge in [-0.05, 0) is 47.4 Å². The summed E-state index contributed by atoms with van der Waals surface area (Å²) < 4.78 is 16.8. The van der Waals surface area contributed by atoms with Crippen LogP contribution in [0.4, 0.5) is 0 Å². The molecule has 1 aliphatic heterocycles. The zero-order chi connectivity index (χ0) is 22.8. The van der Waals surface area contributed by atoms with Gasteiger partial charge in [-0.2, -0.15) is 0 Å². The number of thioether (sulfide) groups is 1. The number of oxazole rings is 1. The fraction of sp³-hybridized carbons (Fsp3) is 0.231. The van der Waals surface area contributed by atoms with Gasteiger partial charge in [-0.25, -0.2) is 4.98 Å². The molecule has 0 fully saturated rings. The molecular weight excluding hydrogens is 436 g/mol. The van der Waals surface area contributed by atoms with Gasteiger partial charge in [0.15, 0.2) is 17.1 Å². The van der Waals surface area contributed by atoms with E-state index in [9.17, 15) is 4.79 Å². The Balaban J connectivity index is 1.45. The van der Waals surface area contributed by atoms with Gasteiger partial charge in [0.2, 0.25) is 5.91 Å². The number of hydrogen-bond donors (Lipinski definition) is 0. The molecule has 0 radical (unpaired) electrons. The maximum atomic E-state index is 13.4. The van der Waals surface area contributed by atoms with Gasteiger partial charge in [-0.1, -0.05) is 54.2 Å². The monoisotopic (exact) mass is 460 g/mol. The van der Waals surface area contributed by atoms with E-state index in [0.717, 1.165) is 34.2 Å². The number of nitrogens with zero attached hydrogens (tertiary/aromatic N) is 2. The van der Waals surface area contributed by atoms with Gasteiger partial charge in [0.1, 0.15) is 5.52 Å². The van der Waals surface area contributed by atoms with Crippen LogP contribution < -0.4 is 9.47 Å². The first-order valence-corrected chi connectivity index (χ1v) is 11.7. The van der Waals surface area contributed by atoms with Crippen LogP contribution in [-0.2, 0) is 11.2 Å². The quantitative estimate of drug-likeness (QED) is 0.373. The SMILES string of the molecule is COc1cc2c(cc1OC)C(c1ccccc1)N(C(=O)CSc1nc3ccccc3o1)CC2. The molecule has 33 heavy (non-hydrogen) atoms. The molecule has 0 saturated carbocycles. The molecule has 6 nitrogen and oxygen atoms in total. The number of para-hydroxylation sites is 2. The largest absolute Gasteiger partial charge is 0.493 e. The third-order valence-corrected chi connectivity index (χ3v) is 6.72. The molecule has 1 aromatic heterocycles. The molecule has 5 rings (SSSR count). The van der Waals surface area contributed by atoms with E-state index in [1.807, 2.05) is 59.5 Å². The molecule has 0 N–H and O–H groups in total. The highest BCUT2D eigenvalue weighted by Crippen LogP contribution is 2.41. The molecule has 0 bridgehead atoms. The summed E-state index contributed by atoms with van der Waals surface area (Å²) in [4.78, 5) is 19.9. The molecule has 1 aliphatic rings. The van der Waals surface area contributed by atoms with Crippen molar-refractivity contribution in [2.24, 2.45) is 0 Å². The topological polar surface area (TPSA) is 64.8 Å². The molecule has 3 aromatic carbocycles. The van der Waals surface area contributed by atoms with Crippen LogP contribution in [0.15, 0.2) is 76.4 Å². The Morgan fingerprint density at radius 1 is 1.06 bits per heavy atom. The number of aromatic nitrogens is 1. The Hall–Kier alpha value is -3.45. The lowest BCUT2D eigenvalue weighted by Crippen LogP contribution is -2.41. The zero-order valence-electron chi connectivity index (χ0n) is 18.5. The number of carbonyl (C=O) groups excluding carboxylic acids is 1. The highest BCUT2D eigenvalue weighted by molar-refractivity contribution is 7.99. The number of amides is 1. The first-order valence-electron chi connectivity index (χ1n) is 10.8. The molecule has 4 aromatic rings. The third kappa shape index (κ3) is 4.16. The average molecular weight is 461 g/mol. The van der Waals surface area contributed by atoms with Gasteiger partial charge in [0.25, 0.3) is 5.22 Å². The lowest BCUT2D eigenvalue weighted by molar-refractivity contribution is -0.130. The van der Waals surface area contributed by atoms with Gasteiger partial charge in [-0.3, -0.25) is 4.79 Å². The molecule has 2 heterocycles. The van der Waals surface area contributed by atoms with Crippen molar-refractivity contribution in [3.05, 3.63) is 83.4 Å². The molecule has 1 amide bonds. The zero-order valence-corrected chi connectivity index (χ0v) is 19.3. The van der Waals surface area contributed by atoms with Crippen molar-refractivity contribution in [1.82, 2.24) is 9.88 Å². The van der Waals surface area contributed by atoms with E-state index in [1.165, 1.54) is 11.8 Å². The summed E-state index contributed by atoms with van der Waals surface area (Å²) in [5.41, 5.74) is 4.80. The van der Waals surface area contributed by atoms with Gasteiger partial charge in [0.05, 0.1) is 26.0 Å². The summed E-state index contributed by atoms with van der Waals surface area (Å²) in [6.45, 7) is 0.620. The van der Waals surface area contributed by atoms with Crippen LogP contribution >= 0.6 is 11.8 Å². The second-order valence-electron chi connectivity index (χ2n) is 7.79. The molecule has 7 heteroatoms. The van der Waals surface area contributed by atoms with Crippen LogP contribution in [0.5, 0.6) is 11.5 Å². The predicted molar refractivity (Wildman–Crippen MR) is 128 cm³/mol. The fourth-order valence-corrected chi connectivity index (χ4v) is 5.05. The Morgan fingerprint density at radius 2 is 1.79 bits per heavy atom. The summed E-state index contributed by atoms with van der Waals surface area (Å²) in [6.07, 6.45) is 0.748. The van der Waals surface area contributed by atoms with E-state index >= 15 is 0 Å². The van der Waals surface area contributed by atoms with Crippen molar-refractivity contribution in [1.29, 1.82) is 0 Å². The van der Waals surface area contributed by atoms with Crippen molar-refractivity contribution in [2.45, 2.75) is 17.7 Å². The van der Waals surface area contributed by atoms with Gasteiger partial charge in [-0.15, -0.1) is 0 Å². The van der Waals surface area contributed by atoms with Gasteiger partial charge >= 0.3 is 0 Å². The maximum Gasteiger partial charge on any atom is 0.257 e. The Morgan fingerprint density at radius 3 is 2.55 bits per heavy atom. The van der Waals surface area contributed by atoms with E-state index in [2.05, 4.69) is 17.1 Å². The summed E-state index contributed by atoms with van der Waals surface area (Å²) in [6, 6.07) is 21.5. The number of fused-ring (bicyclic) bond motifs is 2. The Bertz CT molecular complexity index is 1260. The standard InChI is InChI=1S/C26H24N2O4S/c1-30-22-14-18-12-13-28(24(29)16-33-26-27-20-10-6-7-11-21(20)32-26)25(17-8-4-3-5-9-17)19(18)15-23(22)31-2/h3-11,14-15,25H,12-13,16H2,1-2H3. The average Bonchev–Trinajstić information content (AvgIpc) is 3.29. The van der Waals surface area contributed by atoms with Crippen molar-refractivity contribution in [3.63, 3.8) is 0 Å². The van der Waals surface area contributed by atoms with E-state index < -0.39 is 0 Å². The Kier molecular flexibility index (Phi) is 5.96. The van der Waals surface area contributed by atoms with Crippen molar-refractivity contribution < 1.29 is 18.7 Å². The summed E-state index contributed by atoms with van der Waals surface area (Å²) >= 11 is 1.33. The third-order valence-electron chi connectivity index (χ3n) is 5.90. The number of ether oxygens (including phenoxy) is 2. The van der Waals surface area contributed by atoms with Crippen molar-refractivity contribution in [3.8, 4) is 11.5 Å². The second-order valence-corrected chi connectivity index (χ2v) is 8.72. The number of hydrogen-bond acceptors (Lipinski definition) is 6. The highest BCUT2D eigenvalue weighted by Gasteiger charge is 2.33. The summed E-state index contributed by atoms with van der Waals surface area (Å²) in [5.74, 6) is 1.65. The minimum Gasteiger partial charge on any atom is -0.493 e.